The predicted molar refractivity (Wildman–Crippen MR) is 146 cm³/mol. The lowest BCUT2D eigenvalue weighted by molar-refractivity contribution is 0.460. The second-order valence-electron chi connectivity index (χ2n) is 9.86. The van der Waals surface area contributed by atoms with Gasteiger partial charge in [-0.3, -0.25) is 9.36 Å². The van der Waals surface area contributed by atoms with Crippen LogP contribution in [0.5, 0.6) is 0 Å². The number of pyridine rings is 1. The third-order valence-electron chi connectivity index (χ3n) is 7.45. The highest BCUT2D eigenvalue weighted by atomic mass is 35.5. The summed E-state index contributed by atoms with van der Waals surface area (Å²) in [5.41, 5.74) is 5.40. The molecular weight excluding hydrogens is 470 g/mol. The number of aromatic nitrogens is 3. The van der Waals surface area contributed by atoms with E-state index in [0.29, 0.717) is 40.6 Å². The Hall–Kier alpha value is -3.22. The highest BCUT2D eigenvalue weighted by Gasteiger charge is 2.24. The quantitative estimate of drug-likeness (QED) is 0.329. The summed E-state index contributed by atoms with van der Waals surface area (Å²) in [7, 11) is 0. The minimum Gasteiger partial charge on any atom is -0.324 e. The Bertz CT molecular complexity index is 1470. The number of fused-ring (bicyclic) bond motifs is 1. The third kappa shape index (κ3) is 4.51. The number of nitrogens with one attached hydrogen (secondary N) is 2. The number of rotatable bonds is 6. The van der Waals surface area contributed by atoms with Gasteiger partial charge in [0.1, 0.15) is 5.65 Å². The molecule has 1 saturated carbocycles. The predicted octanol–water partition coefficient (Wildman–Crippen LogP) is 6.22. The van der Waals surface area contributed by atoms with Gasteiger partial charge < -0.3 is 10.6 Å². The van der Waals surface area contributed by atoms with E-state index in [-0.39, 0.29) is 5.56 Å². The Morgan fingerprint density at radius 3 is 2.39 bits per heavy atom. The Morgan fingerprint density at radius 2 is 1.69 bits per heavy atom. The number of nitrogens with zero attached hydrogens (tertiary/aromatic N) is 3. The summed E-state index contributed by atoms with van der Waals surface area (Å²) in [5.74, 6) is 1.70. The van der Waals surface area contributed by atoms with Gasteiger partial charge in [-0.15, -0.1) is 0 Å². The van der Waals surface area contributed by atoms with Crippen molar-refractivity contribution in [2.24, 2.45) is 0 Å². The zero-order chi connectivity index (χ0) is 24.6. The van der Waals surface area contributed by atoms with Crippen molar-refractivity contribution in [3.8, 4) is 11.1 Å². The first-order valence-corrected chi connectivity index (χ1v) is 13.3. The maximum atomic E-state index is 13.5. The van der Waals surface area contributed by atoms with E-state index in [1.165, 1.54) is 36.8 Å². The first kappa shape index (κ1) is 23.2. The van der Waals surface area contributed by atoms with Crippen LogP contribution in [0.25, 0.3) is 22.2 Å². The van der Waals surface area contributed by atoms with Crippen LogP contribution in [-0.4, -0.2) is 27.6 Å². The average molecular weight is 500 g/mol. The summed E-state index contributed by atoms with van der Waals surface area (Å²) < 4.78 is 1.70. The summed E-state index contributed by atoms with van der Waals surface area (Å²) in [5, 5.41) is 8.15. The Kier molecular flexibility index (Phi) is 6.23. The molecule has 6 nitrogen and oxygen atoms in total. The molecule has 1 aliphatic heterocycles. The van der Waals surface area contributed by atoms with Gasteiger partial charge in [-0.2, -0.15) is 4.98 Å². The van der Waals surface area contributed by atoms with Crippen molar-refractivity contribution in [1.29, 1.82) is 0 Å². The minimum absolute atomic E-state index is 0.0953. The minimum atomic E-state index is -0.0953. The van der Waals surface area contributed by atoms with E-state index in [0.717, 1.165) is 29.7 Å². The molecule has 3 heterocycles. The lowest BCUT2D eigenvalue weighted by Crippen LogP contribution is -2.26. The van der Waals surface area contributed by atoms with Gasteiger partial charge in [0.25, 0.3) is 5.56 Å². The summed E-state index contributed by atoms with van der Waals surface area (Å²) >= 11 is 6.64. The van der Waals surface area contributed by atoms with E-state index >= 15 is 0 Å². The number of piperidine rings is 1. The number of aryl methyl sites for hydroxylation is 1. The fourth-order valence-electron chi connectivity index (χ4n) is 5.25. The van der Waals surface area contributed by atoms with Crippen molar-refractivity contribution in [3.05, 3.63) is 81.2 Å². The van der Waals surface area contributed by atoms with Crippen molar-refractivity contribution in [1.82, 2.24) is 19.9 Å². The van der Waals surface area contributed by atoms with Crippen molar-refractivity contribution in [2.75, 3.05) is 18.4 Å². The summed E-state index contributed by atoms with van der Waals surface area (Å²) in [6, 6.07) is 16.5. The Morgan fingerprint density at radius 1 is 0.972 bits per heavy atom. The van der Waals surface area contributed by atoms with E-state index in [9.17, 15) is 4.79 Å². The topological polar surface area (TPSA) is 71.8 Å². The molecule has 2 aliphatic rings. The van der Waals surface area contributed by atoms with Gasteiger partial charge in [-0.05, 0) is 92.9 Å². The van der Waals surface area contributed by atoms with Crippen LogP contribution in [0.3, 0.4) is 0 Å². The largest absolute Gasteiger partial charge is 0.324 e. The molecule has 0 unspecified atom stereocenters. The summed E-state index contributed by atoms with van der Waals surface area (Å²) in [6.45, 7) is 4.61. The van der Waals surface area contributed by atoms with E-state index in [1.807, 2.05) is 25.1 Å². The molecule has 0 spiro atoms. The number of hydrogen-bond acceptors (Lipinski definition) is 5. The average Bonchev–Trinajstić information content (AvgIpc) is 3.75. The van der Waals surface area contributed by atoms with E-state index in [2.05, 4.69) is 45.9 Å². The molecule has 4 aromatic rings. The fourth-order valence-corrected chi connectivity index (χ4v) is 5.54. The monoisotopic (exact) mass is 499 g/mol. The highest BCUT2D eigenvalue weighted by molar-refractivity contribution is 6.33. The van der Waals surface area contributed by atoms with E-state index in [4.69, 9.17) is 16.6 Å². The lowest BCUT2D eigenvalue weighted by Gasteiger charge is -2.23. The zero-order valence-electron chi connectivity index (χ0n) is 20.4. The lowest BCUT2D eigenvalue weighted by atomic mass is 9.90. The normalized spacial score (nSPS) is 16.4. The first-order chi connectivity index (χ1) is 17.6. The molecule has 7 heteroatoms. The van der Waals surface area contributed by atoms with Crippen molar-refractivity contribution >= 4 is 34.3 Å². The maximum Gasteiger partial charge on any atom is 0.260 e. The smallest absolute Gasteiger partial charge is 0.260 e. The SMILES string of the molecule is CCn1c(=O)c(-c2ccc(C3CC3)cc2Cl)cc2cnc(Nc3ccc(C4CCNCC4)cc3)nc21. The fraction of sp³-hybridized carbons (Fsp3) is 0.345. The molecule has 2 N–H and O–H groups in total. The van der Waals surface area contributed by atoms with Crippen LogP contribution < -0.4 is 16.2 Å². The van der Waals surface area contributed by atoms with Gasteiger partial charge in [-0.1, -0.05) is 35.9 Å². The van der Waals surface area contributed by atoms with Crippen LogP contribution in [0.2, 0.25) is 5.02 Å². The molecule has 2 fully saturated rings. The van der Waals surface area contributed by atoms with Crippen molar-refractivity contribution in [2.45, 2.75) is 51.0 Å². The number of anilines is 2. The number of hydrogen-bond donors (Lipinski definition) is 2. The molecular formula is C29H30ClN5O. The molecule has 36 heavy (non-hydrogen) atoms. The standard InChI is InChI=1S/C29H30ClN5O/c1-2-35-27-22(15-25(28(35)36)24-10-7-21(16-26(24)30)19-3-4-19)17-32-29(34-27)33-23-8-5-18(6-9-23)20-11-13-31-14-12-20/h5-10,15-17,19-20,31H,2-4,11-14H2,1H3,(H,32,33,34). The van der Waals surface area contributed by atoms with Gasteiger partial charge in [0.2, 0.25) is 5.95 Å². The summed E-state index contributed by atoms with van der Waals surface area (Å²) in [4.78, 5) is 22.7. The molecule has 1 aliphatic carbocycles. The second-order valence-corrected chi connectivity index (χ2v) is 10.3. The van der Waals surface area contributed by atoms with E-state index in [1.54, 1.807) is 10.8 Å². The molecule has 184 valence electrons. The van der Waals surface area contributed by atoms with Crippen LogP contribution in [0, 0.1) is 0 Å². The maximum absolute atomic E-state index is 13.5. The van der Waals surface area contributed by atoms with Gasteiger partial charge >= 0.3 is 0 Å². The Labute approximate surface area is 215 Å². The Balaban J connectivity index is 1.30. The van der Waals surface area contributed by atoms with Gasteiger partial charge in [-0.25, -0.2) is 4.98 Å². The van der Waals surface area contributed by atoms with Crippen LogP contribution in [0.4, 0.5) is 11.6 Å². The molecule has 6 rings (SSSR count). The molecule has 0 atom stereocenters. The van der Waals surface area contributed by atoms with Gasteiger partial charge in [0, 0.05) is 40.0 Å². The highest BCUT2D eigenvalue weighted by Crippen LogP contribution is 2.42. The van der Waals surface area contributed by atoms with Gasteiger partial charge in [0.15, 0.2) is 0 Å². The van der Waals surface area contributed by atoms with Crippen molar-refractivity contribution < 1.29 is 0 Å². The van der Waals surface area contributed by atoms with E-state index < -0.39 is 0 Å². The van der Waals surface area contributed by atoms with Crippen molar-refractivity contribution in [3.63, 3.8) is 0 Å². The molecule has 0 radical (unpaired) electrons. The number of halogens is 1. The first-order valence-electron chi connectivity index (χ1n) is 12.9. The van der Waals surface area contributed by atoms with Gasteiger partial charge in [0.05, 0.1) is 0 Å². The molecule has 1 saturated heterocycles. The van der Waals surface area contributed by atoms with Crippen LogP contribution in [0.1, 0.15) is 55.6 Å². The third-order valence-corrected chi connectivity index (χ3v) is 7.77. The number of benzene rings is 2. The molecule has 2 aromatic carbocycles. The summed E-state index contributed by atoms with van der Waals surface area (Å²) in [6.07, 6.45) is 6.55. The molecule has 2 aromatic heterocycles. The molecule has 0 bridgehead atoms. The molecule has 0 amide bonds. The van der Waals surface area contributed by atoms with Crippen LogP contribution >= 0.6 is 11.6 Å². The second kappa shape index (κ2) is 9.68. The van der Waals surface area contributed by atoms with Crippen LogP contribution in [-0.2, 0) is 6.54 Å². The van der Waals surface area contributed by atoms with Crippen LogP contribution in [0.15, 0.2) is 59.5 Å². The zero-order valence-corrected chi connectivity index (χ0v) is 21.2.